The zero-order valence-electron chi connectivity index (χ0n) is 28.1. The van der Waals surface area contributed by atoms with Crippen molar-refractivity contribution in [1.29, 1.82) is 0 Å². The van der Waals surface area contributed by atoms with Gasteiger partial charge in [-0.1, -0.05) is 39.3 Å². The third-order valence-corrected chi connectivity index (χ3v) is 15.1. The number of piperazine rings is 1. The van der Waals surface area contributed by atoms with Gasteiger partial charge in [-0.05, 0) is 85.4 Å². The van der Waals surface area contributed by atoms with Crippen molar-refractivity contribution < 1.29 is 36.8 Å². The molecule has 0 aromatic heterocycles. The molecule has 11 heteroatoms. The molecule has 6 fully saturated rings. The summed E-state index contributed by atoms with van der Waals surface area (Å²) in [6.45, 7) is 11.1. The highest BCUT2D eigenvalue weighted by atomic mass is 32.2. The average molecular weight is 663 g/mol. The number of rotatable bonds is 5. The van der Waals surface area contributed by atoms with Crippen LogP contribution in [-0.4, -0.2) is 84.8 Å². The summed E-state index contributed by atoms with van der Waals surface area (Å²) in [4.78, 5) is 27.0. The summed E-state index contributed by atoms with van der Waals surface area (Å²) in [7, 11) is -4.25. The topological polar surface area (TPSA) is 123 Å². The van der Waals surface area contributed by atoms with E-state index in [1.165, 1.54) is 24.8 Å². The number of allylic oxidation sites excluding steroid dienone is 1. The standard InChI is InChI=1S/C35H54N2O8S/c1-22-9-14-35(43-21-22)23(2)32-29(45-35)20-28-26-6-5-24-19-25(10-12-33(24,3)27(26)11-13-34(28,32)4)44-31(39)8-7-30(38)36-15-17-37(18-16-36)46(40,41)42/h5,22-23,25-29,32H,6-21H2,1-4H3,(H,40,41,42)/t22-,23+,25+,26-,27+,28+,29+,32+,33+,34+,35-/m1/s1. The van der Waals surface area contributed by atoms with E-state index in [4.69, 9.17) is 14.2 Å². The van der Waals surface area contributed by atoms with E-state index in [1.54, 1.807) is 4.90 Å². The van der Waals surface area contributed by atoms with Gasteiger partial charge in [0.2, 0.25) is 5.91 Å². The van der Waals surface area contributed by atoms with Crippen molar-refractivity contribution >= 4 is 22.2 Å². The van der Waals surface area contributed by atoms with Crippen molar-refractivity contribution in [3.63, 3.8) is 0 Å². The predicted molar refractivity (Wildman–Crippen MR) is 171 cm³/mol. The van der Waals surface area contributed by atoms with Gasteiger partial charge in [-0.2, -0.15) is 12.7 Å². The van der Waals surface area contributed by atoms with Gasteiger partial charge in [-0.25, -0.2) is 0 Å². The fourth-order valence-corrected chi connectivity index (χ4v) is 12.2. The van der Waals surface area contributed by atoms with Gasteiger partial charge in [0.1, 0.15) is 6.10 Å². The fraction of sp³-hybridized carbons (Fsp3) is 0.886. The molecule has 0 bridgehead atoms. The quantitative estimate of drug-likeness (QED) is 0.248. The molecule has 46 heavy (non-hydrogen) atoms. The molecule has 0 radical (unpaired) electrons. The minimum absolute atomic E-state index is 0.0172. The molecular weight excluding hydrogens is 608 g/mol. The van der Waals surface area contributed by atoms with E-state index in [-0.39, 0.29) is 73.6 Å². The first kappa shape index (κ1) is 33.0. The Morgan fingerprint density at radius 2 is 1.78 bits per heavy atom. The first-order chi connectivity index (χ1) is 21.7. The number of hydrogen-bond acceptors (Lipinski definition) is 7. The van der Waals surface area contributed by atoms with E-state index in [0.29, 0.717) is 41.6 Å². The SMILES string of the molecule is C[C@@H]1CC[C@@]2(OC1)O[C@H]1C[C@H]3[C@@H]4CC=C5C[C@@H](OC(=O)CCC(=O)N6CCN(S(=O)(=O)O)CC6)CC[C@]5(C)[C@H]4CC[C@]3(C)[C@H]1[C@@H]2C. The number of carbonyl (C=O) groups is 2. The van der Waals surface area contributed by atoms with Gasteiger partial charge in [-0.15, -0.1) is 0 Å². The largest absolute Gasteiger partial charge is 0.462 e. The summed E-state index contributed by atoms with van der Waals surface area (Å²) in [5, 5.41) is 0. The molecule has 7 rings (SSSR count). The van der Waals surface area contributed by atoms with Crippen molar-refractivity contribution in [1.82, 2.24) is 9.21 Å². The van der Waals surface area contributed by atoms with Crippen LogP contribution in [0, 0.1) is 46.3 Å². The second kappa shape index (κ2) is 11.8. The molecular formula is C35H54N2O8S. The first-order valence-corrected chi connectivity index (χ1v) is 19.3. The molecule has 0 aromatic carbocycles. The van der Waals surface area contributed by atoms with Gasteiger partial charge in [0.25, 0.3) is 0 Å². The highest BCUT2D eigenvalue weighted by molar-refractivity contribution is 7.83. The molecule has 1 spiro atoms. The molecule has 1 N–H and O–H groups in total. The van der Waals surface area contributed by atoms with Gasteiger partial charge in [0.15, 0.2) is 5.79 Å². The van der Waals surface area contributed by atoms with Crippen molar-refractivity contribution in [2.24, 2.45) is 46.3 Å². The summed E-state index contributed by atoms with van der Waals surface area (Å²) in [6, 6.07) is 0. The normalized spacial score (nSPS) is 45.8. The van der Waals surface area contributed by atoms with E-state index in [9.17, 15) is 22.6 Å². The molecule has 4 aliphatic carbocycles. The molecule has 3 saturated heterocycles. The lowest BCUT2D eigenvalue weighted by Crippen LogP contribution is -2.52. The Hall–Kier alpha value is -1.53. The number of hydrogen-bond donors (Lipinski definition) is 1. The molecule has 3 aliphatic heterocycles. The van der Waals surface area contributed by atoms with Gasteiger partial charge < -0.3 is 19.1 Å². The van der Waals surface area contributed by atoms with Crippen molar-refractivity contribution in [2.75, 3.05) is 32.8 Å². The fourth-order valence-electron chi connectivity index (χ4n) is 11.5. The highest BCUT2D eigenvalue weighted by Crippen LogP contribution is 2.70. The van der Waals surface area contributed by atoms with Crippen LogP contribution in [0.3, 0.4) is 0 Å². The van der Waals surface area contributed by atoms with Gasteiger partial charge in [0, 0.05) is 51.4 Å². The Balaban J connectivity index is 0.938. The number of amides is 1. The summed E-state index contributed by atoms with van der Waals surface area (Å²) < 4.78 is 52.1. The Kier molecular flexibility index (Phi) is 8.47. The van der Waals surface area contributed by atoms with E-state index in [1.807, 2.05) is 0 Å². The lowest BCUT2D eigenvalue weighted by Gasteiger charge is -2.58. The molecule has 0 unspecified atom stereocenters. The third kappa shape index (κ3) is 5.48. The lowest BCUT2D eigenvalue weighted by molar-refractivity contribution is -0.272. The Morgan fingerprint density at radius 3 is 2.48 bits per heavy atom. The molecule has 10 nitrogen and oxygen atoms in total. The van der Waals surface area contributed by atoms with Crippen molar-refractivity contribution in [3.8, 4) is 0 Å². The van der Waals surface area contributed by atoms with Crippen LogP contribution in [0.25, 0.3) is 0 Å². The van der Waals surface area contributed by atoms with Crippen LogP contribution in [0.15, 0.2) is 11.6 Å². The zero-order valence-corrected chi connectivity index (χ0v) is 28.9. The average Bonchev–Trinajstić information content (AvgIpc) is 3.46. The van der Waals surface area contributed by atoms with E-state index >= 15 is 0 Å². The summed E-state index contributed by atoms with van der Waals surface area (Å²) in [6.07, 6.45) is 12.3. The van der Waals surface area contributed by atoms with Crippen LogP contribution >= 0.6 is 0 Å². The Morgan fingerprint density at radius 1 is 1.02 bits per heavy atom. The summed E-state index contributed by atoms with van der Waals surface area (Å²) in [5.41, 5.74) is 1.89. The second-order valence-corrected chi connectivity index (χ2v) is 17.8. The lowest BCUT2D eigenvalue weighted by atomic mass is 9.47. The maximum Gasteiger partial charge on any atom is 0.336 e. The smallest absolute Gasteiger partial charge is 0.336 e. The molecule has 0 aromatic rings. The minimum atomic E-state index is -4.25. The van der Waals surface area contributed by atoms with Crippen molar-refractivity contribution in [3.05, 3.63) is 11.6 Å². The van der Waals surface area contributed by atoms with E-state index < -0.39 is 10.3 Å². The number of fused-ring (bicyclic) bond motifs is 7. The number of esters is 1. The van der Waals surface area contributed by atoms with Crippen LogP contribution in [0.2, 0.25) is 0 Å². The monoisotopic (exact) mass is 662 g/mol. The number of nitrogens with zero attached hydrogens (tertiary/aromatic N) is 2. The maximum absolute atomic E-state index is 12.8. The van der Waals surface area contributed by atoms with Crippen LogP contribution in [0.4, 0.5) is 0 Å². The molecule has 258 valence electrons. The number of carbonyl (C=O) groups excluding carboxylic acids is 2. The molecule has 7 aliphatic rings. The number of ether oxygens (including phenoxy) is 3. The summed E-state index contributed by atoms with van der Waals surface area (Å²) in [5.74, 6) is 2.68. The Bertz CT molecular complexity index is 1350. The molecule has 3 saturated carbocycles. The second-order valence-electron chi connectivity index (χ2n) is 16.4. The first-order valence-electron chi connectivity index (χ1n) is 17.9. The van der Waals surface area contributed by atoms with Crippen molar-refractivity contribution in [2.45, 2.75) is 116 Å². The van der Waals surface area contributed by atoms with Crippen LogP contribution in [0.5, 0.6) is 0 Å². The van der Waals surface area contributed by atoms with E-state index in [0.717, 1.165) is 49.4 Å². The van der Waals surface area contributed by atoms with Crippen LogP contribution in [-0.2, 0) is 34.1 Å². The van der Waals surface area contributed by atoms with Gasteiger partial charge in [-0.3, -0.25) is 14.1 Å². The van der Waals surface area contributed by atoms with Crippen LogP contribution in [0.1, 0.15) is 98.3 Å². The third-order valence-electron chi connectivity index (χ3n) is 14.1. The Labute approximate surface area is 274 Å². The molecule has 3 heterocycles. The molecule has 1 amide bonds. The van der Waals surface area contributed by atoms with Gasteiger partial charge >= 0.3 is 16.3 Å². The minimum Gasteiger partial charge on any atom is -0.462 e. The predicted octanol–water partition coefficient (Wildman–Crippen LogP) is 4.99. The van der Waals surface area contributed by atoms with Crippen LogP contribution < -0.4 is 0 Å². The summed E-state index contributed by atoms with van der Waals surface area (Å²) >= 11 is 0. The zero-order chi connectivity index (χ0) is 32.6. The maximum atomic E-state index is 12.8. The van der Waals surface area contributed by atoms with Gasteiger partial charge in [0.05, 0.1) is 19.1 Å². The molecule has 11 atom stereocenters. The van der Waals surface area contributed by atoms with E-state index in [2.05, 4.69) is 33.8 Å². The highest BCUT2D eigenvalue weighted by Gasteiger charge is 2.68.